The third-order valence-corrected chi connectivity index (χ3v) is 3.90. The highest BCUT2D eigenvalue weighted by Crippen LogP contribution is 2.41. The van der Waals surface area contributed by atoms with Crippen LogP contribution in [0.1, 0.15) is 43.0 Å². The number of anilines is 4. The second kappa shape index (κ2) is 6.32. The first-order valence-corrected chi connectivity index (χ1v) is 7.58. The maximum atomic E-state index is 9.23. The highest BCUT2D eigenvalue weighted by atomic mass is 15.3. The van der Waals surface area contributed by atoms with Crippen molar-refractivity contribution in [1.29, 1.82) is 21.0 Å². The lowest BCUT2D eigenvalue weighted by Gasteiger charge is -2.34. The van der Waals surface area contributed by atoms with Crippen molar-refractivity contribution in [2.45, 2.75) is 26.3 Å². The Morgan fingerprint density at radius 3 is 1.54 bits per heavy atom. The van der Waals surface area contributed by atoms with Crippen LogP contribution in [0.3, 0.4) is 0 Å². The Hall–Kier alpha value is -4.28. The van der Waals surface area contributed by atoms with Gasteiger partial charge in [-0.2, -0.15) is 21.0 Å². The Balaban J connectivity index is 2.31. The van der Waals surface area contributed by atoms with Gasteiger partial charge >= 0.3 is 0 Å². The number of rotatable bonds is 2. The predicted octanol–water partition coefficient (Wildman–Crippen LogP) is 1.75. The summed E-state index contributed by atoms with van der Waals surface area (Å²) in [5, 5.41) is 39.7. The summed E-state index contributed by atoms with van der Waals surface area (Å²) in [4.78, 5) is 18.5. The zero-order chi connectivity index (χ0) is 18.8. The van der Waals surface area contributed by atoms with Crippen molar-refractivity contribution < 1.29 is 0 Å². The molecule has 0 amide bonds. The molecule has 1 unspecified atom stereocenters. The minimum Gasteiger partial charge on any atom is -0.319 e. The number of hydrogen-bond acceptors (Lipinski definition) is 10. The average molecular weight is 342 g/mol. The highest BCUT2D eigenvalue weighted by Gasteiger charge is 2.33. The fourth-order valence-electron chi connectivity index (χ4n) is 2.48. The van der Waals surface area contributed by atoms with E-state index in [-0.39, 0.29) is 40.5 Å². The summed E-state index contributed by atoms with van der Waals surface area (Å²) in [6, 6.07) is 7.27. The van der Waals surface area contributed by atoms with Crippen LogP contribution in [0.15, 0.2) is 0 Å². The van der Waals surface area contributed by atoms with Gasteiger partial charge in [-0.3, -0.25) is 0 Å². The standard InChI is InChI=1S/C16H10N10/c1-3-8(2)26-15-13(21-9(4-17)11(6-19)23-15)25-14-16(26)24-12(7-20)10(5-18)22-14/h8H,3H2,1-2H3,(H,21,22,25). The van der Waals surface area contributed by atoms with E-state index in [0.29, 0.717) is 18.1 Å². The van der Waals surface area contributed by atoms with Crippen molar-refractivity contribution in [3.63, 3.8) is 0 Å². The second-order valence-corrected chi connectivity index (χ2v) is 5.39. The molecule has 124 valence electrons. The van der Waals surface area contributed by atoms with Crippen LogP contribution in [0.5, 0.6) is 0 Å². The Morgan fingerprint density at radius 1 is 0.808 bits per heavy atom. The molecule has 3 heterocycles. The SMILES string of the molecule is CCC(C)N1c2nc(C#N)c(C#N)nc2Nc2nc(C#N)c(C#N)nc21. The smallest absolute Gasteiger partial charge is 0.179 e. The average Bonchev–Trinajstić information content (AvgIpc) is 2.69. The van der Waals surface area contributed by atoms with Gasteiger partial charge in [-0.1, -0.05) is 6.92 Å². The first kappa shape index (κ1) is 16.6. The molecule has 0 spiro atoms. The predicted molar refractivity (Wildman–Crippen MR) is 88.1 cm³/mol. The van der Waals surface area contributed by atoms with E-state index in [1.807, 2.05) is 38.1 Å². The van der Waals surface area contributed by atoms with Crippen molar-refractivity contribution in [2.75, 3.05) is 10.2 Å². The topological polar surface area (TPSA) is 162 Å². The highest BCUT2D eigenvalue weighted by molar-refractivity contribution is 5.85. The van der Waals surface area contributed by atoms with Gasteiger partial charge in [0.15, 0.2) is 46.0 Å². The summed E-state index contributed by atoms with van der Waals surface area (Å²) in [6.45, 7) is 3.87. The van der Waals surface area contributed by atoms with Crippen LogP contribution >= 0.6 is 0 Å². The van der Waals surface area contributed by atoms with Crippen molar-refractivity contribution >= 4 is 23.3 Å². The lowest BCUT2D eigenvalue weighted by atomic mass is 10.2. The van der Waals surface area contributed by atoms with Crippen LogP contribution in [0.25, 0.3) is 0 Å². The second-order valence-electron chi connectivity index (χ2n) is 5.39. The van der Waals surface area contributed by atoms with Gasteiger partial charge in [-0.15, -0.1) is 0 Å². The van der Waals surface area contributed by atoms with Gasteiger partial charge in [0.2, 0.25) is 0 Å². The lowest BCUT2D eigenvalue weighted by molar-refractivity contribution is 0.669. The van der Waals surface area contributed by atoms with Crippen molar-refractivity contribution in [2.24, 2.45) is 0 Å². The number of nitrogens with zero attached hydrogens (tertiary/aromatic N) is 9. The van der Waals surface area contributed by atoms with Crippen LogP contribution < -0.4 is 10.2 Å². The molecular weight excluding hydrogens is 332 g/mol. The Labute approximate surface area is 148 Å². The molecule has 0 bridgehead atoms. The van der Waals surface area contributed by atoms with Crippen LogP contribution in [-0.2, 0) is 0 Å². The van der Waals surface area contributed by atoms with E-state index in [1.165, 1.54) is 0 Å². The van der Waals surface area contributed by atoms with E-state index in [1.54, 1.807) is 4.90 Å². The summed E-state index contributed by atoms with van der Waals surface area (Å²) in [5.41, 5.74) is -0.444. The van der Waals surface area contributed by atoms with Crippen molar-refractivity contribution in [3.8, 4) is 24.3 Å². The molecule has 0 aromatic carbocycles. The summed E-state index contributed by atoms with van der Waals surface area (Å²) in [5.74, 6) is 1.09. The maximum Gasteiger partial charge on any atom is 0.179 e. The quantitative estimate of drug-likeness (QED) is 0.850. The summed E-state index contributed by atoms with van der Waals surface area (Å²) >= 11 is 0. The Bertz CT molecular complexity index is 995. The number of nitriles is 4. The van der Waals surface area contributed by atoms with E-state index >= 15 is 0 Å². The van der Waals surface area contributed by atoms with E-state index in [4.69, 9.17) is 10.5 Å². The molecule has 0 radical (unpaired) electrons. The Kier molecular flexibility index (Phi) is 4.03. The van der Waals surface area contributed by atoms with Gasteiger partial charge in [-0.05, 0) is 13.3 Å². The first-order valence-electron chi connectivity index (χ1n) is 7.58. The van der Waals surface area contributed by atoms with Crippen LogP contribution in [-0.4, -0.2) is 26.0 Å². The number of nitrogens with one attached hydrogen (secondary N) is 1. The van der Waals surface area contributed by atoms with Gasteiger partial charge in [0.1, 0.15) is 24.3 Å². The maximum absolute atomic E-state index is 9.23. The molecule has 0 aliphatic carbocycles. The number of hydrogen-bond donors (Lipinski definition) is 1. The molecule has 10 heteroatoms. The van der Waals surface area contributed by atoms with Crippen molar-refractivity contribution in [1.82, 2.24) is 19.9 Å². The van der Waals surface area contributed by atoms with Crippen LogP contribution in [0, 0.1) is 45.3 Å². The molecular formula is C16H10N10. The van der Waals surface area contributed by atoms with Gasteiger partial charge in [0, 0.05) is 6.04 Å². The molecule has 2 aromatic heterocycles. The molecule has 3 rings (SSSR count). The van der Waals surface area contributed by atoms with Crippen LogP contribution in [0.4, 0.5) is 23.3 Å². The summed E-state index contributed by atoms with van der Waals surface area (Å²) < 4.78 is 0. The zero-order valence-electron chi connectivity index (χ0n) is 13.8. The van der Waals surface area contributed by atoms with Crippen LogP contribution in [0.2, 0.25) is 0 Å². The normalized spacial score (nSPS) is 12.3. The lowest BCUT2D eigenvalue weighted by Crippen LogP contribution is -2.34. The minimum atomic E-state index is -0.117. The molecule has 1 N–H and O–H groups in total. The van der Waals surface area contributed by atoms with Gasteiger partial charge < -0.3 is 10.2 Å². The fraction of sp³-hybridized carbons (Fsp3) is 0.250. The van der Waals surface area contributed by atoms with Gasteiger partial charge in [0.25, 0.3) is 0 Å². The fourth-order valence-corrected chi connectivity index (χ4v) is 2.48. The summed E-state index contributed by atoms with van der Waals surface area (Å²) in [6.07, 6.45) is 0.700. The van der Waals surface area contributed by atoms with Gasteiger partial charge in [-0.25, -0.2) is 19.9 Å². The molecule has 0 saturated heterocycles. The van der Waals surface area contributed by atoms with E-state index in [0.717, 1.165) is 0 Å². The molecule has 1 aliphatic rings. The molecule has 1 aliphatic heterocycles. The van der Waals surface area contributed by atoms with E-state index in [9.17, 15) is 10.5 Å². The minimum absolute atomic E-state index is 0.105. The van der Waals surface area contributed by atoms with E-state index < -0.39 is 0 Å². The zero-order valence-corrected chi connectivity index (χ0v) is 13.8. The number of fused-ring (bicyclic) bond motifs is 2. The first-order chi connectivity index (χ1) is 12.6. The molecule has 0 fully saturated rings. The molecule has 1 atom stereocenters. The summed E-state index contributed by atoms with van der Waals surface area (Å²) in [7, 11) is 0. The molecule has 2 aromatic rings. The molecule has 10 nitrogen and oxygen atoms in total. The third-order valence-electron chi connectivity index (χ3n) is 3.90. The number of aromatic nitrogens is 4. The molecule has 26 heavy (non-hydrogen) atoms. The Morgan fingerprint density at radius 2 is 1.19 bits per heavy atom. The third kappa shape index (κ3) is 2.39. The van der Waals surface area contributed by atoms with Gasteiger partial charge in [0.05, 0.1) is 0 Å². The largest absolute Gasteiger partial charge is 0.319 e. The molecule has 0 saturated carbocycles. The van der Waals surface area contributed by atoms with E-state index in [2.05, 4.69) is 25.3 Å². The monoisotopic (exact) mass is 342 g/mol. The van der Waals surface area contributed by atoms with Crippen molar-refractivity contribution in [3.05, 3.63) is 22.8 Å².